The van der Waals surface area contributed by atoms with E-state index in [0.29, 0.717) is 5.19 Å². The highest BCUT2D eigenvalue weighted by Gasteiger charge is 2.38. The van der Waals surface area contributed by atoms with E-state index < -0.39 is 36.1 Å². The normalized spacial score (nSPS) is 12.8. The van der Waals surface area contributed by atoms with E-state index in [2.05, 4.69) is 64.1 Å². The smallest absolute Gasteiger partial charge is 0.416 e. The summed E-state index contributed by atoms with van der Waals surface area (Å²) >= 11 is 0. The number of benzene rings is 5. The minimum Gasteiger partial charge on any atom is -0.507 e. The van der Waals surface area contributed by atoms with E-state index in [1.54, 1.807) is 14.2 Å². The Kier molecular flexibility index (Phi) is 10.9. The van der Waals surface area contributed by atoms with E-state index in [1.165, 1.54) is 6.07 Å². The summed E-state index contributed by atoms with van der Waals surface area (Å²) in [7, 11) is -2.80. The van der Waals surface area contributed by atoms with Crippen LogP contribution in [-0.2, 0) is 15.2 Å². The van der Waals surface area contributed by atoms with Crippen molar-refractivity contribution in [3.63, 3.8) is 0 Å². The van der Waals surface area contributed by atoms with Gasteiger partial charge in [-0.1, -0.05) is 92.4 Å². The fraction of sp³-hybridized carbons (Fsp3) is 0.250. The molecule has 0 aliphatic carbocycles. The first kappa shape index (κ1) is 37.0. The van der Waals surface area contributed by atoms with Gasteiger partial charge >= 0.3 is 6.18 Å². The molecule has 0 spiro atoms. The lowest BCUT2D eigenvalue weighted by Gasteiger charge is -2.32. The number of hydrogen-bond donors (Lipinski definition) is 1. The maximum atomic E-state index is 14.9. The fourth-order valence-corrected chi connectivity index (χ4v) is 12.5. The molecule has 0 fully saturated rings. The molecule has 0 saturated heterocycles. The van der Waals surface area contributed by atoms with Crippen molar-refractivity contribution in [2.75, 3.05) is 14.2 Å². The Hall–Kier alpha value is -3.31. The fourth-order valence-electron chi connectivity index (χ4n) is 6.64. The average molecular weight is 719 g/mol. The highest BCUT2D eigenvalue weighted by molar-refractivity contribution is 7.82. The Morgan fingerprint density at radius 1 is 0.612 bits per heavy atom. The van der Waals surface area contributed by atoms with Crippen molar-refractivity contribution in [3.05, 3.63) is 119 Å². The molecule has 1 N–H and O–H groups in total. The van der Waals surface area contributed by atoms with Gasteiger partial charge in [-0.25, -0.2) is 0 Å². The molecule has 3 nitrogen and oxygen atoms in total. The summed E-state index contributed by atoms with van der Waals surface area (Å²) in [6, 6.07) is 28.5. The Morgan fingerprint density at radius 2 is 1.06 bits per heavy atom. The minimum absolute atomic E-state index is 0.0731. The lowest BCUT2D eigenvalue weighted by atomic mass is 9.90. The van der Waals surface area contributed by atoms with Crippen molar-refractivity contribution in [1.82, 2.24) is 0 Å². The van der Waals surface area contributed by atoms with Crippen LogP contribution in [0.3, 0.4) is 0 Å². The predicted molar refractivity (Wildman–Crippen MR) is 205 cm³/mol. The zero-order valence-corrected chi connectivity index (χ0v) is 32.2. The monoisotopic (exact) mass is 718 g/mol. The van der Waals surface area contributed by atoms with Crippen LogP contribution in [0.1, 0.15) is 27.8 Å². The number of aromatic hydroxyl groups is 1. The van der Waals surface area contributed by atoms with Crippen molar-refractivity contribution in [2.24, 2.45) is 0 Å². The van der Waals surface area contributed by atoms with Gasteiger partial charge in [0.05, 0.1) is 13.6 Å². The van der Waals surface area contributed by atoms with Crippen molar-refractivity contribution >= 4 is 50.8 Å². The lowest BCUT2D eigenvalue weighted by Crippen LogP contribution is -2.42. The molecule has 0 heterocycles. The third-order valence-corrected chi connectivity index (χ3v) is 15.1. The first-order valence-electron chi connectivity index (χ1n) is 16.1. The maximum Gasteiger partial charge on any atom is 0.416 e. The third kappa shape index (κ3) is 7.29. The number of rotatable bonds is 9. The standard InChI is InChI=1S/C40H43F3O3P2Si/c1-25-15-12-16-26(2)36(25)30-19-14-20-31(37-27(3)17-13-18-28(37)4)39(30)47(32-21-10-11-22-33(32)48(45-5)46-6)34-23-29(40(41,42)43)24-35(38(34)44)49(7,8)9/h10-24,44H,1-9H3. The lowest BCUT2D eigenvalue weighted by molar-refractivity contribution is -0.137. The van der Waals surface area contributed by atoms with Crippen LogP contribution in [0.15, 0.2) is 91.0 Å². The Bertz CT molecular complexity index is 1890. The van der Waals surface area contributed by atoms with Gasteiger partial charge in [-0.15, -0.1) is 0 Å². The van der Waals surface area contributed by atoms with Crippen LogP contribution in [0.2, 0.25) is 19.6 Å². The summed E-state index contributed by atoms with van der Waals surface area (Å²) < 4.78 is 56.3. The van der Waals surface area contributed by atoms with Crippen LogP contribution in [-0.4, -0.2) is 27.4 Å². The molecule has 5 aromatic carbocycles. The molecule has 0 amide bonds. The first-order chi connectivity index (χ1) is 23.1. The molecule has 9 heteroatoms. The van der Waals surface area contributed by atoms with Crippen LogP contribution in [0.25, 0.3) is 22.3 Å². The van der Waals surface area contributed by atoms with Crippen LogP contribution >= 0.6 is 16.3 Å². The van der Waals surface area contributed by atoms with Gasteiger partial charge in [0, 0.05) is 30.1 Å². The minimum atomic E-state index is -4.62. The molecule has 0 aliphatic heterocycles. The molecule has 256 valence electrons. The van der Waals surface area contributed by atoms with E-state index in [1.807, 2.05) is 62.1 Å². The van der Waals surface area contributed by atoms with E-state index in [0.717, 1.165) is 66.5 Å². The van der Waals surface area contributed by atoms with Crippen molar-refractivity contribution in [3.8, 4) is 28.0 Å². The highest BCUT2D eigenvalue weighted by atomic mass is 31.2. The molecule has 0 saturated carbocycles. The summed E-state index contributed by atoms with van der Waals surface area (Å²) in [5.74, 6) is -0.0731. The SMILES string of the molecule is COP(OC)c1ccccc1P(c1cc(C(F)(F)F)cc([Si](C)(C)C)c1O)c1c(-c2c(C)cccc2C)cccc1-c1c(C)cccc1C. The Balaban J connectivity index is 2.09. The second kappa shape index (κ2) is 14.5. The van der Waals surface area contributed by atoms with Gasteiger partial charge in [-0.3, -0.25) is 0 Å². The van der Waals surface area contributed by atoms with Gasteiger partial charge in [-0.2, -0.15) is 13.2 Å². The number of aryl methyl sites for hydroxylation is 4. The summed E-state index contributed by atoms with van der Waals surface area (Å²) in [4.78, 5) is 0. The maximum absolute atomic E-state index is 14.9. The number of alkyl halides is 3. The molecule has 0 radical (unpaired) electrons. The molecule has 0 aromatic heterocycles. The summed E-state index contributed by atoms with van der Waals surface area (Å²) in [6.07, 6.45) is -4.62. The highest BCUT2D eigenvalue weighted by Crippen LogP contribution is 2.48. The summed E-state index contributed by atoms with van der Waals surface area (Å²) in [5, 5.41) is 15.4. The van der Waals surface area contributed by atoms with Crippen molar-refractivity contribution in [2.45, 2.75) is 53.5 Å². The number of hydrogen-bond acceptors (Lipinski definition) is 3. The topological polar surface area (TPSA) is 38.7 Å². The molecular weight excluding hydrogens is 675 g/mol. The summed E-state index contributed by atoms with van der Waals surface area (Å²) in [6.45, 7) is 14.1. The quantitative estimate of drug-likeness (QED) is 0.122. The molecular formula is C40H43F3O3P2Si. The van der Waals surface area contributed by atoms with Gasteiger partial charge < -0.3 is 14.2 Å². The zero-order chi connectivity index (χ0) is 35.8. The van der Waals surface area contributed by atoms with E-state index in [4.69, 9.17) is 9.05 Å². The van der Waals surface area contributed by atoms with Gasteiger partial charge in [0.25, 0.3) is 0 Å². The average Bonchev–Trinajstić information content (AvgIpc) is 3.02. The second-order valence-electron chi connectivity index (χ2n) is 13.3. The first-order valence-corrected chi connectivity index (χ1v) is 22.1. The van der Waals surface area contributed by atoms with Crippen molar-refractivity contribution in [1.29, 1.82) is 0 Å². The van der Waals surface area contributed by atoms with E-state index in [9.17, 15) is 18.3 Å². The predicted octanol–water partition coefficient (Wildman–Crippen LogP) is 9.51. The number of phenols is 1. The summed E-state index contributed by atoms with van der Waals surface area (Å²) in [5.41, 5.74) is 7.32. The molecule has 1 unspecified atom stereocenters. The third-order valence-electron chi connectivity index (χ3n) is 8.88. The van der Waals surface area contributed by atoms with E-state index >= 15 is 0 Å². The van der Waals surface area contributed by atoms with Crippen LogP contribution in [0.5, 0.6) is 5.75 Å². The molecule has 0 aliphatic rings. The van der Waals surface area contributed by atoms with Gasteiger partial charge in [0.15, 0.2) is 0 Å². The molecule has 49 heavy (non-hydrogen) atoms. The molecule has 0 bridgehead atoms. The van der Waals surface area contributed by atoms with E-state index in [-0.39, 0.29) is 11.1 Å². The number of phenolic OH excluding ortho intramolecular Hbond substituents is 1. The Morgan fingerprint density at radius 3 is 1.49 bits per heavy atom. The molecule has 1 atom stereocenters. The van der Waals surface area contributed by atoms with Crippen LogP contribution < -0.4 is 26.4 Å². The zero-order valence-electron chi connectivity index (χ0n) is 29.5. The van der Waals surface area contributed by atoms with Crippen LogP contribution in [0.4, 0.5) is 13.2 Å². The molecule has 5 aromatic rings. The number of halogens is 3. The largest absolute Gasteiger partial charge is 0.507 e. The van der Waals surface area contributed by atoms with Gasteiger partial charge in [0.1, 0.15) is 5.75 Å². The Labute approximate surface area is 291 Å². The second-order valence-corrected chi connectivity index (χ2v) is 22.2. The van der Waals surface area contributed by atoms with Crippen LogP contribution in [0, 0.1) is 27.7 Å². The van der Waals surface area contributed by atoms with Crippen molar-refractivity contribution < 1.29 is 27.3 Å². The molecule has 5 rings (SSSR count). The van der Waals surface area contributed by atoms with Gasteiger partial charge in [0.2, 0.25) is 8.38 Å². The van der Waals surface area contributed by atoms with Gasteiger partial charge in [-0.05, 0) is 109 Å².